The van der Waals surface area contributed by atoms with E-state index in [1.54, 1.807) is 0 Å². The number of rotatable bonds is 3. The standard InChI is InChI=1S/C40H28N2/c1-25-9-11-27-13-15-29-17-19-37(41-39(29)35(27)21-25)33-7-3-5-31(23-33)32-6-4-8-34(24-32)38-20-18-30-16-14-28-12-10-26(2)22-36(28)40(30)42-38/h3-24H,1-2H3. The minimum Gasteiger partial charge on any atom is -0.247 e. The first-order chi connectivity index (χ1) is 20.6. The van der Waals surface area contributed by atoms with Gasteiger partial charge in [-0.25, -0.2) is 9.97 Å². The van der Waals surface area contributed by atoms with E-state index >= 15 is 0 Å². The van der Waals surface area contributed by atoms with Crippen molar-refractivity contribution >= 4 is 43.4 Å². The summed E-state index contributed by atoms with van der Waals surface area (Å²) in [4.78, 5) is 10.3. The molecule has 0 aliphatic carbocycles. The van der Waals surface area contributed by atoms with Crippen LogP contribution in [0.4, 0.5) is 0 Å². The lowest BCUT2D eigenvalue weighted by molar-refractivity contribution is 1.40. The highest BCUT2D eigenvalue weighted by atomic mass is 14.7. The van der Waals surface area contributed by atoms with Gasteiger partial charge in [0.25, 0.3) is 0 Å². The van der Waals surface area contributed by atoms with Crippen molar-refractivity contribution in [2.75, 3.05) is 0 Å². The van der Waals surface area contributed by atoms with Crippen LogP contribution in [-0.2, 0) is 0 Å². The van der Waals surface area contributed by atoms with Gasteiger partial charge in [0, 0.05) is 32.7 Å². The van der Waals surface area contributed by atoms with Gasteiger partial charge < -0.3 is 0 Å². The van der Waals surface area contributed by atoms with Crippen LogP contribution in [0.5, 0.6) is 0 Å². The number of pyridine rings is 2. The third-order valence-corrected chi connectivity index (χ3v) is 8.32. The first-order valence-corrected chi connectivity index (χ1v) is 14.4. The molecular weight excluding hydrogens is 508 g/mol. The van der Waals surface area contributed by atoms with Crippen LogP contribution in [0.2, 0.25) is 0 Å². The van der Waals surface area contributed by atoms with E-state index in [-0.39, 0.29) is 0 Å². The highest BCUT2D eigenvalue weighted by molar-refractivity contribution is 6.07. The van der Waals surface area contributed by atoms with Crippen molar-refractivity contribution in [3.05, 3.63) is 145 Å². The van der Waals surface area contributed by atoms with Crippen LogP contribution in [0.15, 0.2) is 133 Å². The van der Waals surface area contributed by atoms with Crippen LogP contribution < -0.4 is 0 Å². The third-order valence-electron chi connectivity index (χ3n) is 8.32. The SMILES string of the molecule is Cc1ccc2ccc3ccc(-c4cccc(-c5cccc(-c6ccc7ccc8ccc(C)cc8c7n6)c5)c4)nc3c2c1. The van der Waals surface area contributed by atoms with E-state index in [0.717, 1.165) is 55.4 Å². The summed E-state index contributed by atoms with van der Waals surface area (Å²) in [5, 5.41) is 7.15. The van der Waals surface area contributed by atoms with Crippen molar-refractivity contribution in [1.82, 2.24) is 9.97 Å². The summed E-state index contributed by atoms with van der Waals surface area (Å²) in [5.41, 5.74) is 11.1. The van der Waals surface area contributed by atoms with Crippen LogP contribution in [0.3, 0.4) is 0 Å². The van der Waals surface area contributed by atoms with E-state index in [9.17, 15) is 0 Å². The maximum absolute atomic E-state index is 5.16. The molecule has 0 spiro atoms. The first kappa shape index (κ1) is 24.5. The van der Waals surface area contributed by atoms with E-state index in [4.69, 9.17) is 9.97 Å². The third kappa shape index (κ3) is 4.20. The summed E-state index contributed by atoms with van der Waals surface area (Å²) in [6.07, 6.45) is 0. The van der Waals surface area contributed by atoms with Gasteiger partial charge in [0.1, 0.15) is 0 Å². The second kappa shape index (κ2) is 9.64. The zero-order valence-corrected chi connectivity index (χ0v) is 23.6. The molecule has 0 fully saturated rings. The van der Waals surface area contributed by atoms with E-state index in [2.05, 4.69) is 147 Å². The molecule has 0 aliphatic rings. The summed E-state index contributed by atoms with van der Waals surface area (Å²) >= 11 is 0. The Morgan fingerprint density at radius 2 is 0.738 bits per heavy atom. The molecule has 0 saturated heterocycles. The fourth-order valence-electron chi connectivity index (χ4n) is 6.08. The Morgan fingerprint density at radius 3 is 1.21 bits per heavy atom. The minimum atomic E-state index is 0.980. The first-order valence-electron chi connectivity index (χ1n) is 14.4. The number of nitrogens with zero attached hydrogens (tertiary/aromatic N) is 2. The molecular formula is C40H28N2. The number of benzene rings is 6. The lowest BCUT2D eigenvalue weighted by Crippen LogP contribution is -1.89. The average molecular weight is 537 g/mol. The van der Waals surface area contributed by atoms with Crippen LogP contribution >= 0.6 is 0 Å². The topological polar surface area (TPSA) is 25.8 Å². The number of fused-ring (bicyclic) bond motifs is 6. The van der Waals surface area contributed by atoms with Gasteiger partial charge in [-0.1, -0.05) is 108 Å². The van der Waals surface area contributed by atoms with Crippen molar-refractivity contribution in [2.24, 2.45) is 0 Å². The second-order valence-corrected chi connectivity index (χ2v) is 11.3. The Hall–Kier alpha value is -5.34. The molecule has 2 heteroatoms. The van der Waals surface area contributed by atoms with Crippen molar-refractivity contribution < 1.29 is 0 Å². The monoisotopic (exact) mass is 536 g/mol. The number of hydrogen-bond acceptors (Lipinski definition) is 2. The fraction of sp³-hybridized carbons (Fsp3) is 0.0500. The molecule has 8 rings (SSSR count). The van der Waals surface area contributed by atoms with Crippen LogP contribution in [0.1, 0.15) is 11.1 Å². The molecule has 0 aliphatic heterocycles. The van der Waals surface area contributed by atoms with E-state index in [1.165, 1.54) is 32.7 Å². The molecule has 6 aromatic carbocycles. The van der Waals surface area contributed by atoms with Gasteiger partial charge in [-0.05, 0) is 72.1 Å². The molecule has 42 heavy (non-hydrogen) atoms. The van der Waals surface area contributed by atoms with Gasteiger partial charge in [0.05, 0.1) is 22.4 Å². The summed E-state index contributed by atoms with van der Waals surface area (Å²) in [7, 11) is 0. The maximum atomic E-state index is 5.16. The molecule has 0 atom stereocenters. The summed E-state index contributed by atoms with van der Waals surface area (Å²) in [5.74, 6) is 0. The average Bonchev–Trinajstić information content (AvgIpc) is 3.04. The zero-order valence-electron chi connectivity index (χ0n) is 23.6. The molecule has 198 valence electrons. The molecule has 0 saturated carbocycles. The number of aromatic nitrogens is 2. The Balaban J connectivity index is 1.20. The van der Waals surface area contributed by atoms with Crippen molar-refractivity contribution in [3.8, 4) is 33.6 Å². The molecule has 8 aromatic rings. The predicted molar refractivity (Wildman–Crippen MR) is 178 cm³/mol. The van der Waals surface area contributed by atoms with Crippen molar-refractivity contribution in [3.63, 3.8) is 0 Å². The van der Waals surface area contributed by atoms with Gasteiger partial charge >= 0.3 is 0 Å². The number of hydrogen-bond donors (Lipinski definition) is 0. The van der Waals surface area contributed by atoms with Crippen LogP contribution in [-0.4, -0.2) is 9.97 Å². The van der Waals surface area contributed by atoms with Gasteiger partial charge in [0.15, 0.2) is 0 Å². The Labute approximate surface area is 244 Å². The molecule has 2 heterocycles. The van der Waals surface area contributed by atoms with Crippen molar-refractivity contribution in [2.45, 2.75) is 13.8 Å². The summed E-state index contributed by atoms with van der Waals surface area (Å²) in [6, 6.07) is 47.8. The van der Waals surface area contributed by atoms with E-state index in [0.29, 0.717) is 0 Å². The molecule has 0 N–H and O–H groups in total. The molecule has 0 radical (unpaired) electrons. The molecule has 2 aromatic heterocycles. The molecule has 2 nitrogen and oxygen atoms in total. The molecule has 0 bridgehead atoms. The van der Waals surface area contributed by atoms with E-state index < -0.39 is 0 Å². The summed E-state index contributed by atoms with van der Waals surface area (Å²) in [6.45, 7) is 4.27. The van der Waals surface area contributed by atoms with Gasteiger partial charge in [-0.15, -0.1) is 0 Å². The van der Waals surface area contributed by atoms with Gasteiger partial charge in [-0.2, -0.15) is 0 Å². The normalized spacial score (nSPS) is 11.6. The highest BCUT2D eigenvalue weighted by Gasteiger charge is 2.10. The zero-order chi connectivity index (χ0) is 28.2. The lowest BCUT2D eigenvalue weighted by Gasteiger charge is -2.10. The van der Waals surface area contributed by atoms with Crippen LogP contribution in [0.25, 0.3) is 77.0 Å². The second-order valence-electron chi connectivity index (χ2n) is 11.3. The minimum absolute atomic E-state index is 0.980. The fourth-order valence-corrected chi connectivity index (χ4v) is 6.08. The van der Waals surface area contributed by atoms with Crippen LogP contribution in [0, 0.1) is 13.8 Å². The van der Waals surface area contributed by atoms with E-state index in [1.807, 2.05) is 0 Å². The maximum Gasteiger partial charge on any atom is 0.0787 e. The molecule has 0 amide bonds. The Kier molecular flexibility index (Phi) is 5.61. The largest absolute Gasteiger partial charge is 0.247 e. The smallest absolute Gasteiger partial charge is 0.0787 e. The van der Waals surface area contributed by atoms with Gasteiger partial charge in [0.2, 0.25) is 0 Å². The predicted octanol–water partition coefficient (Wildman–Crippen LogP) is 10.7. The Morgan fingerprint density at radius 1 is 0.357 bits per heavy atom. The summed E-state index contributed by atoms with van der Waals surface area (Å²) < 4.78 is 0. The number of aryl methyl sites for hydroxylation is 2. The molecule has 0 unspecified atom stereocenters. The van der Waals surface area contributed by atoms with Crippen molar-refractivity contribution in [1.29, 1.82) is 0 Å². The quantitative estimate of drug-likeness (QED) is 0.210. The Bertz CT molecular complexity index is 2160. The lowest BCUT2D eigenvalue weighted by atomic mass is 9.98. The van der Waals surface area contributed by atoms with Gasteiger partial charge in [-0.3, -0.25) is 0 Å². The highest BCUT2D eigenvalue weighted by Crippen LogP contribution is 2.33.